The van der Waals surface area contributed by atoms with Crippen LogP contribution in [0.5, 0.6) is 5.75 Å². The summed E-state index contributed by atoms with van der Waals surface area (Å²) in [7, 11) is -3.30. The maximum absolute atomic E-state index is 12.5. The number of hydrogen-bond acceptors (Lipinski definition) is 7. The minimum atomic E-state index is -3.30. The molecule has 1 amide bonds. The van der Waals surface area contributed by atoms with Gasteiger partial charge in [0.15, 0.2) is 0 Å². The Kier molecular flexibility index (Phi) is 7.78. The molecule has 2 N–H and O–H groups in total. The van der Waals surface area contributed by atoms with Gasteiger partial charge in [-0.2, -0.15) is 4.31 Å². The highest BCUT2D eigenvalue weighted by Gasteiger charge is 2.31. The molecule has 32 heavy (non-hydrogen) atoms. The van der Waals surface area contributed by atoms with Crippen LogP contribution in [0.1, 0.15) is 15.9 Å². The Labute approximate surface area is 186 Å². The maximum Gasteiger partial charge on any atom is 0.322 e. The number of ether oxygens (including phenoxy) is 1. The number of hydrogen-bond donors (Lipinski definition) is 2. The number of rotatable bonds is 9. The van der Waals surface area contributed by atoms with Crippen molar-refractivity contribution in [1.29, 1.82) is 0 Å². The third kappa shape index (κ3) is 6.49. The van der Waals surface area contributed by atoms with Crippen molar-refractivity contribution < 1.29 is 27.9 Å². The Morgan fingerprint density at radius 1 is 1.09 bits per heavy atom. The van der Waals surface area contributed by atoms with Crippen molar-refractivity contribution in [3.05, 3.63) is 59.9 Å². The van der Waals surface area contributed by atoms with Crippen LogP contribution >= 0.6 is 0 Å². The Bertz CT molecular complexity index is 1020. The fourth-order valence-corrected chi connectivity index (χ4v) is 4.19. The summed E-state index contributed by atoms with van der Waals surface area (Å²) in [5.41, 5.74) is 1.35. The zero-order valence-electron chi connectivity index (χ0n) is 17.7. The summed E-state index contributed by atoms with van der Waals surface area (Å²) in [6, 6.07) is 9.33. The Balaban J connectivity index is 1.51. The molecule has 0 radical (unpaired) electrons. The molecule has 1 aliphatic heterocycles. The van der Waals surface area contributed by atoms with Gasteiger partial charge in [-0.15, -0.1) is 0 Å². The van der Waals surface area contributed by atoms with E-state index in [9.17, 15) is 23.1 Å². The second-order valence-electron chi connectivity index (χ2n) is 7.43. The second kappa shape index (κ2) is 10.5. The first-order chi connectivity index (χ1) is 15.2. The number of carboxylic acid groups (broad SMARTS) is 1. The van der Waals surface area contributed by atoms with Crippen molar-refractivity contribution in [2.45, 2.75) is 12.6 Å². The molecule has 0 bridgehead atoms. The molecule has 1 unspecified atom stereocenters. The first-order valence-electron chi connectivity index (χ1n) is 10.1. The van der Waals surface area contributed by atoms with Crippen molar-refractivity contribution in [3.8, 4) is 5.75 Å². The highest BCUT2D eigenvalue weighted by molar-refractivity contribution is 7.88. The number of carbonyl (C=O) groups is 2. The molecule has 0 aliphatic carbocycles. The normalized spacial score (nSPS) is 16.3. The van der Waals surface area contributed by atoms with Crippen LogP contribution in [-0.2, 0) is 21.4 Å². The quantitative estimate of drug-likeness (QED) is 0.549. The van der Waals surface area contributed by atoms with Crippen LogP contribution in [0.15, 0.2) is 48.8 Å². The van der Waals surface area contributed by atoms with Gasteiger partial charge in [-0.05, 0) is 42.0 Å². The number of aromatic nitrogens is 1. The van der Waals surface area contributed by atoms with E-state index >= 15 is 0 Å². The Morgan fingerprint density at radius 3 is 2.28 bits per heavy atom. The lowest BCUT2D eigenvalue weighted by molar-refractivity contribution is -0.143. The monoisotopic (exact) mass is 462 g/mol. The third-order valence-electron chi connectivity index (χ3n) is 5.20. The van der Waals surface area contributed by atoms with Crippen molar-refractivity contribution in [1.82, 2.24) is 19.5 Å². The van der Waals surface area contributed by atoms with Crippen LogP contribution in [0.2, 0.25) is 0 Å². The van der Waals surface area contributed by atoms with Gasteiger partial charge in [-0.1, -0.05) is 0 Å². The first-order valence-corrected chi connectivity index (χ1v) is 11.9. The maximum atomic E-state index is 12.5. The first kappa shape index (κ1) is 23.6. The summed E-state index contributed by atoms with van der Waals surface area (Å²) >= 11 is 0. The van der Waals surface area contributed by atoms with E-state index in [4.69, 9.17) is 4.74 Å². The Hall–Kier alpha value is -3.02. The zero-order chi connectivity index (χ0) is 23.1. The van der Waals surface area contributed by atoms with E-state index < -0.39 is 27.9 Å². The average Bonchev–Trinajstić information content (AvgIpc) is 2.78. The van der Waals surface area contributed by atoms with E-state index in [0.717, 1.165) is 11.8 Å². The van der Waals surface area contributed by atoms with Gasteiger partial charge in [0.1, 0.15) is 18.4 Å². The SMILES string of the molecule is CS(=O)(=O)N1CCN(C(CNC(=O)c2ccc(OCc3ccncc3)cc2)C(=O)O)CC1. The van der Waals surface area contributed by atoms with Gasteiger partial charge >= 0.3 is 5.97 Å². The number of piperazine rings is 1. The summed E-state index contributed by atoms with van der Waals surface area (Å²) in [6.07, 6.45) is 4.50. The molecular formula is C21H26N4O6S. The standard InChI is InChI=1S/C21H26N4O6S/c1-32(29,30)25-12-10-24(11-13-25)19(21(27)28)14-23-20(26)17-2-4-18(5-3-17)31-15-16-6-8-22-9-7-16/h2-9,19H,10-15H2,1H3,(H,23,26)(H,27,28). The zero-order valence-corrected chi connectivity index (χ0v) is 18.5. The highest BCUT2D eigenvalue weighted by atomic mass is 32.2. The third-order valence-corrected chi connectivity index (χ3v) is 6.50. The number of amides is 1. The van der Waals surface area contributed by atoms with Crippen molar-refractivity contribution in [3.63, 3.8) is 0 Å². The number of nitrogens with zero attached hydrogens (tertiary/aromatic N) is 3. The van der Waals surface area contributed by atoms with Crippen molar-refractivity contribution in [2.24, 2.45) is 0 Å². The number of carbonyl (C=O) groups excluding carboxylic acids is 1. The van der Waals surface area contributed by atoms with Crippen molar-refractivity contribution in [2.75, 3.05) is 39.0 Å². The molecule has 1 fully saturated rings. The van der Waals surface area contributed by atoms with Gasteiger partial charge in [0, 0.05) is 50.7 Å². The molecule has 2 aromatic rings. The molecule has 11 heteroatoms. The summed E-state index contributed by atoms with van der Waals surface area (Å²) in [5, 5.41) is 12.2. The lowest BCUT2D eigenvalue weighted by atomic mass is 10.1. The highest BCUT2D eigenvalue weighted by Crippen LogP contribution is 2.15. The van der Waals surface area contributed by atoms with E-state index in [1.807, 2.05) is 12.1 Å². The number of sulfonamides is 1. The lowest BCUT2D eigenvalue weighted by Gasteiger charge is -2.36. The van der Waals surface area contributed by atoms with Gasteiger partial charge in [-0.25, -0.2) is 8.42 Å². The number of aliphatic carboxylic acids is 1. The van der Waals surface area contributed by atoms with Crippen LogP contribution in [-0.4, -0.2) is 84.6 Å². The molecule has 10 nitrogen and oxygen atoms in total. The molecule has 1 aliphatic rings. The predicted molar refractivity (Wildman–Crippen MR) is 117 cm³/mol. The molecule has 1 atom stereocenters. The number of nitrogens with one attached hydrogen (secondary N) is 1. The van der Waals surface area contributed by atoms with Gasteiger partial charge in [-0.3, -0.25) is 19.5 Å². The smallest absolute Gasteiger partial charge is 0.322 e. The molecule has 1 aromatic carbocycles. The van der Waals surface area contributed by atoms with Crippen LogP contribution < -0.4 is 10.1 Å². The van der Waals surface area contributed by atoms with E-state index in [1.165, 1.54) is 4.31 Å². The molecular weight excluding hydrogens is 436 g/mol. The van der Waals surface area contributed by atoms with Crippen LogP contribution in [0, 0.1) is 0 Å². The molecule has 3 rings (SSSR count). The minimum Gasteiger partial charge on any atom is -0.489 e. The van der Waals surface area contributed by atoms with Gasteiger partial charge in [0.2, 0.25) is 10.0 Å². The minimum absolute atomic E-state index is 0.0899. The molecule has 1 aromatic heterocycles. The predicted octanol–water partition coefficient (Wildman–Crippen LogP) is 0.421. The summed E-state index contributed by atoms with van der Waals surface area (Å²) in [4.78, 5) is 29.8. The largest absolute Gasteiger partial charge is 0.489 e. The summed E-state index contributed by atoms with van der Waals surface area (Å²) in [6.45, 7) is 1.29. The van der Waals surface area contributed by atoms with Gasteiger partial charge in [0.25, 0.3) is 5.91 Å². The fraction of sp³-hybridized carbons (Fsp3) is 0.381. The topological polar surface area (TPSA) is 129 Å². The number of carboxylic acids is 1. The van der Waals surface area contributed by atoms with E-state index in [-0.39, 0.29) is 32.7 Å². The lowest BCUT2D eigenvalue weighted by Crippen LogP contribution is -2.56. The number of pyridine rings is 1. The average molecular weight is 463 g/mol. The second-order valence-corrected chi connectivity index (χ2v) is 9.41. The van der Waals surface area contributed by atoms with E-state index in [0.29, 0.717) is 17.9 Å². The number of benzene rings is 1. The molecule has 2 heterocycles. The van der Waals surface area contributed by atoms with Crippen LogP contribution in [0.25, 0.3) is 0 Å². The fourth-order valence-electron chi connectivity index (χ4n) is 3.36. The molecule has 0 saturated carbocycles. The van der Waals surface area contributed by atoms with E-state index in [2.05, 4.69) is 10.3 Å². The summed E-state index contributed by atoms with van der Waals surface area (Å²) in [5.74, 6) is -0.866. The Morgan fingerprint density at radius 2 is 1.72 bits per heavy atom. The van der Waals surface area contributed by atoms with E-state index in [1.54, 1.807) is 41.6 Å². The molecule has 1 saturated heterocycles. The molecule has 0 spiro atoms. The van der Waals surface area contributed by atoms with Gasteiger partial charge < -0.3 is 15.2 Å². The summed E-state index contributed by atoms with van der Waals surface area (Å²) < 4.78 is 30.3. The van der Waals surface area contributed by atoms with Gasteiger partial charge in [0.05, 0.1) is 6.26 Å². The van der Waals surface area contributed by atoms with Crippen LogP contribution in [0.3, 0.4) is 0 Å². The molecule has 172 valence electrons. The van der Waals surface area contributed by atoms with Crippen molar-refractivity contribution >= 4 is 21.9 Å². The van der Waals surface area contributed by atoms with Crippen LogP contribution in [0.4, 0.5) is 0 Å².